The Morgan fingerprint density at radius 3 is 2.79 bits per heavy atom. The number of nitrogens with zero attached hydrogens (tertiary/aromatic N) is 3. The summed E-state index contributed by atoms with van der Waals surface area (Å²) in [6.45, 7) is 8.93. The van der Waals surface area contributed by atoms with E-state index in [2.05, 4.69) is 41.5 Å². The van der Waals surface area contributed by atoms with E-state index < -0.39 is 11.7 Å². The van der Waals surface area contributed by atoms with E-state index in [0.29, 0.717) is 39.1 Å². The van der Waals surface area contributed by atoms with Crippen LogP contribution in [-0.4, -0.2) is 51.7 Å². The number of halogens is 1. The summed E-state index contributed by atoms with van der Waals surface area (Å²) in [7, 11) is 0. The first-order valence-corrected chi connectivity index (χ1v) is 12.4. The Morgan fingerprint density at radius 1 is 1.36 bits per heavy atom. The van der Waals surface area contributed by atoms with Crippen LogP contribution in [0.5, 0.6) is 0 Å². The van der Waals surface area contributed by atoms with Gasteiger partial charge in [0.15, 0.2) is 0 Å². The Balaban J connectivity index is 1.80. The first-order valence-electron chi connectivity index (χ1n) is 10.8. The van der Waals surface area contributed by atoms with Gasteiger partial charge in [0.1, 0.15) is 16.9 Å². The van der Waals surface area contributed by atoms with Crippen LogP contribution in [0.2, 0.25) is 0 Å². The molecule has 0 aliphatic carbocycles. The third kappa shape index (κ3) is 5.20. The van der Waals surface area contributed by atoms with E-state index >= 15 is 0 Å². The van der Waals surface area contributed by atoms with Crippen molar-refractivity contribution in [2.45, 2.75) is 52.2 Å². The van der Waals surface area contributed by atoms with Crippen molar-refractivity contribution in [2.24, 2.45) is 0 Å². The van der Waals surface area contributed by atoms with Gasteiger partial charge in [0.25, 0.3) is 5.91 Å². The molecule has 3 N–H and O–H groups in total. The third-order valence-electron chi connectivity index (χ3n) is 5.20. The van der Waals surface area contributed by atoms with Gasteiger partial charge < -0.3 is 20.4 Å². The van der Waals surface area contributed by atoms with E-state index in [9.17, 15) is 9.59 Å². The van der Waals surface area contributed by atoms with Crippen LogP contribution < -0.4 is 15.5 Å². The number of nitrogens with one attached hydrogen (secondary N) is 3. The number of carbonyl (C=O) groups excluding carboxylic acids is 2. The second kappa shape index (κ2) is 9.40. The minimum absolute atomic E-state index is 0.116. The second-order valence-corrected chi connectivity index (χ2v) is 10.9. The average Bonchev–Trinajstić information content (AvgIpc) is 3.36. The maximum absolute atomic E-state index is 13.5. The van der Waals surface area contributed by atoms with Gasteiger partial charge in [-0.15, -0.1) is 11.3 Å². The molecule has 1 saturated heterocycles. The van der Waals surface area contributed by atoms with E-state index in [1.165, 1.54) is 11.3 Å². The maximum Gasteiger partial charge on any atom is 0.415 e. The van der Waals surface area contributed by atoms with E-state index in [1.54, 1.807) is 22.7 Å². The monoisotopic (exact) mass is 534 g/mol. The molecule has 0 aromatic carbocycles. The predicted octanol–water partition coefficient (Wildman–Crippen LogP) is 4.84. The fourth-order valence-corrected chi connectivity index (χ4v) is 4.92. The SMILES string of the molecule is Cc1nc(C(=O)Nc2c[nH]c3ncc(Br)c(N(C(=O)OC(C)(C)C)[C@@H]4CCCNC4)c23)cs1. The number of amides is 2. The number of aryl methyl sites for hydroxylation is 1. The summed E-state index contributed by atoms with van der Waals surface area (Å²) in [5.41, 5.74) is 1.36. The molecular formula is C22H27BrN6O3S. The minimum Gasteiger partial charge on any atom is -0.443 e. The van der Waals surface area contributed by atoms with Crippen molar-refractivity contribution in [1.29, 1.82) is 0 Å². The summed E-state index contributed by atoms with van der Waals surface area (Å²) in [4.78, 5) is 39.8. The van der Waals surface area contributed by atoms with Crippen molar-refractivity contribution in [3.8, 4) is 0 Å². The smallest absolute Gasteiger partial charge is 0.415 e. The number of anilines is 2. The molecule has 1 atom stereocenters. The number of aromatic amines is 1. The number of aromatic nitrogens is 3. The zero-order chi connectivity index (χ0) is 23.8. The van der Waals surface area contributed by atoms with Crippen LogP contribution in [0.3, 0.4) is 0 Å². The lowest BCUT2D eigenvalue weighted by molar-refractivity contribution is 0.0560. The molecule has 176 valence electrons. The number of piperidine rings is 1. The lowest BCUT2D eigenvalue weighted by Gasteiger charge is -2.36. The molecular weight excluding hydrogens is 508 g/mol. The quantitative estimate of drug-likeness (QED) is 0.441. The van der Waals surface area contributed by atoms with E-state index in [1.807, 2.05) is 27.7 Å². The highest BCUT2D eigenvalue weighted by Gasteiger charge is 2.34. The summed E-state index contributed by atoms with van der Waals surface area (Å²) < 4.78 is 6.42. The Bertz CT molecular complexity index is 1180. The number of hydrogen-bond acceptors (Lipinski definition) is 7. The number of hydrogen-bond donors (Lipinski definition) is 3. The summed E-state index contributed by atoms with van der Waals surface area (Å²) in [6.07, 6.45) is 4.65. The maximum atomic E-state index is 13.5. The molecule has 33 heavy (non-hydrogen) atoms. The Morgan fingerprint density at radius 2 is 2.15 bits per heavy atom. The number of rotatable bonds is 4. The number of fused-ring (bicyclic) bond motifs is 1. The van der Waals surface area contributed by atoms with Gasteiger partial charge in [-0.3, -0.25) is 9.69 Å². The van der Waals surface area contributed by atoms with Crippen LogP contribution in [0, 0.1) is 6.92 Å². The number of carbonyl (C=O) groups is 2. The molecule has 0 spiro atoms. The first kappa shape index (κ1) is 23.7. The molecule has 9 nitrogen and oxygen atoms in total. The van der Waals surface area contributed by atoms with Gasteiger partial charge in [0.05, 0.1) is 32.3 Å². The first-order chi connectivity index (χ1) is 15.6. The molecule has 0 radical (unpaired) electrons. The zero-order valence-corrected chi connectivity index (χ0v) is 21.4. The average molecular weight is 535 g/mol. The van der Waals surface area contributed by atoms with Crippen molar-refractivity contribution < 1.29 is 14.3 Å². The predicted molar refractivity (Wildman–Crippen MR) is 133 cm³/mol. The van der Waals surface area contributed by atoms with Gasteiger partial charge in [-0.2, -0.15) is 0 Å². The van der Waals surface area contributed by atoms with E-state index in [-0.39, 0.29) is 11.9 Å². The van der Waals surface area contributed by atoms with Crippen molar-refractivity contribution >= 4 is 61.7 Å². The molecule has 0 unspecified atom stereocenters. The normalized spacial score (nSPS) is 16.6. The molecule has 3 aromatic rings. The highest BCUT2D eigenvalue weighted by molar-refractivity contribution is 9.10. The topological polar surface area (TPSA) is 112 Å². The largest absolute Gasteiger partial charge is 0.443 e. The van der Waals surface area contributed by atoms with E-state index in [4.69, 9.17) is 4.74 Å². The minimum atomic E-state index is -0.659. The molecule has 1 fully saturated rings. The molecule has 2 amide bonds. The standard InChI is InChI=1S/C22H27BrN6O3S/c1-12-27-16(11-33-12)20(30)28-15-10-26-19-17(15)18(14(23)9-25-19)29(13-6-5-7-24-8-13)21(31)32-22(2,3)4/h9-11,13,24H,5-8H2,1-4H3,(H,25,26)(H,28,30)/t13-/m1/s1. The molecule has 1 aliphatic heterocycles. The second-order valence-electron chi connectivity index (χ2n) is 8.94. The number of pyridine rings is 1. The highest BCUT2D eigenvalue weighted by Crippen LogP contribution is 2.40. The summed E-state index contributed by atoms with van der Waals surface area (Å²) in [5.74, 6) is -0.325. The van der Waals surface area contributed by atoms with Crippen LogP contribution in [0.15, 0.2) is 22.2 Å². The molecule has 0 bridgehead atoms. The lowest BCUT2D eigenvalue weighted by Crippen LogP contribution is -2.50. The molecule has 3 aromatic heterocycles. The van der Waals surface area contributed by atoms with Crippen LogP contribution in [-0.2, 0) is 4.74 Å². The number of H-pyrrole nitrogens is 1. The molecule has 4 heterocycles. The van der Waals surface area contributed by atoms with Gasteiger partial charge >= 0.3 is 6.09 Å². The Kier molecular flexibility index (Phi) is 6.73. The number of ether oxygens (including phenoxy) is 1. The van der Waals surface area contributed by atoms with Gasteiger partial charge in [0.2, 0.25) is 0 Å². The van der Waals surface area contributed by atoms with Crippen LogP contribution >= 0.6 is 27.3 Å². The van der Waals surface area contributed by atoms with Crippen molar-refractivity contribution in [2.75, 3.05) is 23.3 Å². The van der Waals surface area contributed by atoms with Crippen LogP contribution in [0.1, 0.15) is 49.1 Å². The van der Waals surface area contributed by atoms with Crippen molar-refractivity contribution in [3.63, 3.8) is 0 Å². The summed E-state index contributed by atoms with van der Waals surface area (Å²) >= 11 is 5.01. The third-order valence-corrected chi connectivity index (χ3v) is 6.55. The van der Waals surface area contributed by atoms with Crippen molar-refractivity contribution in [1.82, 2.24) is 20.3 Å². The number of thiazole rings is 1. The fraction of sp³-hybridized carbons (Fsp3) is 0.455. The lowest BCUT2D eigenvalue weighted by atomic mass is 10.0. The zero-order valence-electron chi connectivity index (χ0n) is 19.0. The Labute approximate surface area is 204 Å². The molecule has 4 rings (SSSR count). The molecule has 1 aliphatic rings. The van der Waals surface area contributed by atoms with Gasteiger partial charge in [-0.25, -0.2) is 14.8 Å². The summed E-state index contributed by atoms with van der Waals surface area (Å²) in [6, 6.07) is -0.116. The molecule has 0 saturated carbocycles. The fourth-order valence-electron chi connectivity index (χ4n) is 3.83. The highest BCUT2D eigenvalue weighted by atomic mass is 79.9. The van der Waals surface area contributed by atoms with Crippen LogP contribution in [0.4, 0.5) is 16.2 Å². The van der Waals surface area contributed by atoms with Crippen molar-refractivity contribution in [3.05, 3.63) is 32.9 Å². The van der Waals surface area contributed by atoms with Gasteiger partial charge in [-0.05, 0) is 63.0 Å². The Hall–Kier alpha value is -2.50. The molecule has 11 heteroatoms. The van der Waals surface area contributed by atoms with Crippen LogP contribution in [0.25, 0.3) is 11.0 Å². The van der Waals surface area contributed by atoms with Gasteiger partial charge in [0, 0.05) is 24.3 Å². The van der Waals surface area contributed by atoms with Gasteiger partial charge in [-0.1, -0.05) is 0 Å². The van der Waals surface area contributed by atoms with E-state index in [0.717, 1.165) is 24.4 Å². The summed E-state index contributed by atoms with van der Waals surface area (Å²) in [5, 5.41) is 9.45.